The van der Waals surface area contributed by atoms with Gasteiger partial charge in [-0.1, -0.05) is 39.0 Å². The van der Waals surface area contributed by atoms with Crippen molar-refractivity contribution >= 4 is 11.3 Å². The van der Waals surface area contributed by atoms with Crippen molar-refractivity contribution in [1.29, 1.82) is 0 Å². The summed E-state index contributed by atoms with van der Waals surface area (Å²) in [5.41, 5.74) is 0. The molecule has 0 unspecified atom stereocenters. The number of rotatable bonds is 7. The van der Waals surface area contributed by atoms with E-state index >= 15 is 0 Å². The number of hydrogen-bond acceptors (Lipinski definition) is 3. The maximum absolute atomic E-state index is 5.85. The van der Waals surface area contributed by atoms with E-state index in [1.54, 1.807) is 11.3 Å². The molecular weight excluding hydrogens is 232 g/mol. The summed E-state index contributed by atoms with van der Waals surface area (Å²) >= 11 is 1.63. The molecular formula is C14H22O2S. The SMILES string of the molecule is CCCCCCCCC1(C)Oc2cscc2O1. The smallest absolute Gasteiger partial charge is 0.249 e. The van der Waals surface area contributed by atoms with Crippen molar-refractivity contribution in [2.75, 3.05) is 0 Å². The molecule has 2 heterocycles. The van der Waals surface area contributed by atoms with Crippen molar-refractivity contribution in [1.82, 2.24) is 0 Å². The third-order valence-electron chi connectivity index (χ3n) is 3.23. The summed E-state index contributed by atoms with van der Waals surface area (Å²) in [6, 6.07) is 0. The van der Waals surface area contributed by atoms with Crippen molar-refractivity contribution in [2.45, 2.75) is 64.6 Å². The van der Waals surface area contributed by atoms with E-state index < -0.39 is 5.79 Å². The van der Waals surface area contributed by atoms with Gasteiger partial charge in [0.15, 0.2) is 11.5 Å². The van der Waals surface area contributed by atoms with E-state index in [0.717, 1.165) is 17.9 Å². The molecule has 96 valence electrons. The van der Waals surface area contributed by atoms with Crippen LogP contribution in [0.5, 0.6) is 11.5 Å². The van der Waals surface area contributed by atoms with Gasteiger partial charge in [-0.25, -0.2) is 0 Å². The van der Waals surface area contributed by atoms with Gasteiger partial charge in [-0.05, 0) is 6.42 Å². The first-order valence-corrected chi connectivity index (χ1v) is 7.62. The zero-order chi connectivity index (χ0) is 12.1. The fraction of sp³-hybridized carbons (Fsp3) is 0.714. The van der Waals surface area contributed by atoms with Crippen LogP contribution in [0, 0.1) is 0 Å². The lowest BCUT2D eigenvalue weighted by Gasteiger charge is -2.23. The van der Waals surface area contributed by atoms with E-state index in [-0.39, 0.29) is 0 Å². The summed E-state index contributed by atoms with van der Waals surface area (Å²) in [6.45, 7) is 4.29. The van der Waals surface area contributed by atoms with Crippen molar-refractivity contribution in [3.63, 3.8) is 0 Å². The highest BCUT2D eigenvalue weighted by atomic mass is 32.1. The van der Waals surface area contributed by atoms with Crippen molar-refractivity contribution in [3.05, 3.63) is 10.8 Å². The van der Waals surface area contributed by atoms with Crippen LogP contribution >= 0.6 is 11.3 Å². The highest BCUT2D eigenvalue weighted by Crippen LogP contribution is 2.43. The molecule has 0 aromatic carbocycles. The Morgan fingerprint density at radius 1 is 1.00 bits per heavy atom. The number of thiophene rings is 1. The van der Waals surface area contributed by atoms with Crippen LogP contribution in [0.25, 0.3) is 0 Å². The second kappa shape index (κ2) is 5.76. The van der Waals surface area contributed by atoms with Gasteiger partial charge in [0.25, 0.3) is 0 Å². The molecule has 0 N–H and O–H groups in total. The van der Waals surface area contributed by atoms with Gasteiger partial charge >= 0.3 is 0 Å². The maximum atomic E-state index is 5.85. The van der Waals surface area contributed by atoms with E-state index in [4.69, 9.17) is 9.47 Å². The molecule has 1 aromatic heterocycles. The average molecular weight is 254 g/mol. The highest BCUT2D eigenvalue weighted by molar-refractivity contribution is 7.08. The van der Waals surface area contributed by atoms with Crippen LogP contribution < -0.4 is 9.47 Å². The molecule has 0 spiro atoms. The molecule has 0 amide bonds. The molecule has 1 aliphatic rings. The molecule has 0 radical (unpaired) electrons. The van der Waals surface area contributed by atoms with Crippen LogP contribution in [0.4, 0.5) is 0 Å². The van der Waals surface area contributed by atoms with Gasteiger partial charge in [-0.15, -0.1) is 11.3 Å². The minimum atomic E-state index is -0.413. The number of unbranched alkanes of at least 4 members (excludes halogenated alkanes) is 5. The summed E-state index contributed by atoms with van der Waals surface area (Å²) in [7, 11) is 0. The van der Waals surface area contributed by atoms with Crippen LogP contribution in [-0.2, 0) is 0 Å². The highest BCUT2D eigenvalue weighted by Gasteiger charge is 2.36. The van der Waals surface area contributed by atoms with Gasteiger partial charge in [0.2, 0.25) is 5.79 Å². The van der Waals surface area contributed by atoms with Crippen molar-refractivity contribution < 1.29 is 9.47 Å². The summed E-state index contributed by atoms with van der Waals surface area (Å²) in [5.74, 6) is 1.43. The van der Waals surface area contributed by atoms with Gasteiger partial charge in [-0.2, -0.15) is 0 Å². The Bertz CT molecular complexity index is 325. The normalized spacial score (nSPS) is 16.4. The quantitative estimate of drug-likeness (QED) is 0.638. The minimum absolute atomic E-state index is 0.413. The van der Waals surface area contributed by atoms with E-state index in [1.807, 2.05) is 17.7 Å². The molecule has 0 aliphatic carbocycles. The first-order chi connectivity index (χ1) is 8.23. The third kappa shape index (κ3) is 3.38. The Morgan fingerprint density at radius 3 is 2.24 bits per heavy atom. The Balaban J connectivity index is 1.65. The Labute approximate surface area is 108 Å². The van der Waals surface area contributed by atoms with E-state index in [0.29, 0.717) is 0 Å². The number of ether oxygens (including phenoxy) is 2. The van der Waals surface area contributed by atoms with Crippen LogP contribution in [0.15, 0.2) is 10.8 Å². The van der Waals surface area contributed by atoms with Crippen LogP contribution in [0.1, 0.15) is 58.8 Å². The lowest BCUT2D eigenvalue weighted by atomic mass is 10.1. The van der Waals surface area contributed by atoms with Gasteiger partial charge < -0.3 is 9.47 Å². The largest absolute Gasteiger partial charge is 0.448 e. The Kier molecular flexibility index (Phi) is 4.32. The standard InChI is InChI=1S/C14H22O2S/c1-3-4-5-6-7-8-9-14(2)15-12-10-17-11-13(12)16-14/h10-11H,3-9H2,1-2H3. The first kappa shape index (κ1) is 12.7. The van der Waals surface area contributed by atoms with E-state index in [9.17, 15) is 0 Å². The monoisotopic (exact) mass is 254 g/mol. The van der Waals surface area contributed by atoms with Gasteiger partial charge in [0, 0.05) is 24.1 Å². The zero-order valence-corrected chi connectivity index (χ0v) is 11.6. The Morgan fingerprint density at radius 2 is 1.59 bits per heavy atom. The molecule has 0 bridgehead atoms. The molecule has 2 nitrogen and oxygen atoms in total. The second-order valence-electron chi connectivity index (χ2n) is 4.96. The molecule has 1 aliphatic heterocycles. The van der Waals surface area contributed by atoms with E-state index in [2.05, 4.69) is 6.92 Å². The fourth-order valence-electron chi connectivity index (χ4n) is 2.24. The van der Waals surface area contributed by atoms with E-state index in [1.165, 1.54) is 38.5 Å². The molecule has 0 saturated heterocycles. The molecule has 1 aromatic rings. The predicted molar refractivity (Wildman–Crippen MR) is 72.0 cm³/mol. The zero-order valence-electron chi connectivity index (χ0n) is 10.8. The summed E-state index contributed by atoms with van der Waals surface area (Å²) in [6.07, 6.45) is 8.83. The minimum Gasteiger partial charge on any atom is -0.448 e. The predicted octanol–water partition coefficient (Wildman–Crippen LogP) is 4.99. The summed E-state index contributed by atoms with van der Waals surface area (Å²) in [5, 5.41) is 4.03. The second-order valence-corrected chi connectivity index (χ2v) is 5.70. The Hall–Kier alpha value is -0.700. The van der Waals surface area contributed by atoms with Crippen molar-refractivity contribution in [3.8, 4) is 11.5 Å². The third-order valence-corrected chi connectivity index (χ3v) is 3.93. The maximum Gasteiger partial charge on any atom is 0.249 e. The molecule has 0 fully saturated rings. The fourth-order valence-corrected chi connectivity index (χ4v) is 2.88. The van der Waals surface area contributed by atoms with Crippen LogP contribution in [0.2, 0.25) is 0 Å². The molecule has 0 saturated carbocycles. The summed E-state index contributed by atoms with van der Waals surface area (Å²) < 4.78 is 11.7. The van der Waals surface area contributed by atoms with Crippen LogP contribution in [-0.4, -0.2) is 5.79 Å². The molecule has 3 heteroatoms. The molecule has 17 heavy (non-hydrogen) atoms. The topological polar surface area (TPSA) is 18.5 Å². The van der Waals surface area contributed by atoms with Gasteiger partial charge in [0.1, 0.15) is 0 Å². The molecule has 0 atom stereocenters. The first-order valence-electron chi connectivity index (χ1n) is 6.68. The number of hydrogen-bond donors (Lipinski definition) is 0. The summed E-state index contributed by atoms with van der Waals surface area (Å²) in [4.78, 5) is 0. The average Bonchev–Trinajstić information content (AvgIpc) is 2.81. The van der Waals surface area contributed by atoms with Crippen molar-refractivity contribution in [2.24, 2.45) is 0 Å². The lowest BCUT2D eigenvalue weighted by Crippen LogP contribution is -2.34. The lowest BCUT2D eigenvalue weighted by molar-refractivity contribution is -0.0697. The number of fused-ring (bicyclic) bond motifs is 1. The van der Waals surface area contributed by atoms with Crippen LogP contribution in [0.3, 0.4) is 0 Å². The van der Waals surface area contributed by atoms with Gasteiger partial charge in [-0.3, -0.25) is 0 Å². The molecule has 2 rings (SSSR count). The van der Waals surface area contributed by atoms with Gasteiger partial charge in [0.05, 0.1) is 0 Å².